The third-order valence-corrected chi connectivity index (χ3v) is 17.7. The van der Waals surface area contributed by atoms with E-state index < -0.39 is 0 Å². The van der Waals surface area contributed by atoms with Crippen LogP contribution in [-0.2, 0) is 0 Å². The Morgan fingerprint density at radius 3 is 1.46 bits per heavy atom. The van der Waals surface area contributed by atoms with Crippen LogP contribution < -0.4 is 21.3 Å². The van der Waals surface area contributed by atoms with E-state index in [-0.39, 0.29) is 6.71 Å². The molecule has 0 N–H and O–H groups in total. The van der Waals surface area contributed by atoms with Crippen LogP contribution in [0.1, 0.15) is 0 Å². The molecule has 2 aliphatic rings. The molecule has 5 heterocycles. The van der Waals surface area contributed by atoms with Crippen molar-refractivity contribution in [3.05, 3.63) is 243 Å². The molecule has 16 rings (SSSR count). The molecule has 72 heavy (non-hydrogen) atoms. The average molecular weight is 950 g/mol. The van der Waals surface area contributed by atoms with Crippen LogP contribution in [0.5, 0.6) is 0 Å². The summed E-state index contributed by atoms with van der Waals surface area (Å²) < 4.78 is 7.64. The molecule has 0 radical (unpaired) electrons. The lowest BCUT2D eigenvalue weighted by Gasteiger charge is -2.42. The van der Waals surface area contributed by atoms with Crippen molar-refractivity contribution in [2.75, 3.05) is 4.90 Å². The number of hydrogen-bond donors (Lipinski definition) is 0. The van der Waals surface area contributed by atoms with Gasteiger partial charge in [0.2, 0.25) is 6.71 Å². The average Bonchev–Trinajstić information content (AvgIpc) is 4.11. The van der Waals surface area contributed by atoms with E-state index in [0.717, 1.165) is 17.1 Å². The topological polar surface area (TPSA) is 13.1 Å². The zero-order valence-corrected chi connectivity index (χ0v) is 40.5. The van der Waals surface area contributed by atoms with Crippen molar-refractivity contribution >= 4 is 127 Å². The van der Waals surface area contributed by atoms with Crippen molar-refractivity contribution in [1.82, 2.24) is 9.13 Å². The third-order valence-electron chi connectivity index (χ3n) is 15.4. The van der Waals surface area contributed by atoms with Crippen molar-refractivity contribution in [3.8, 4) is 33.6 Å². The Morgan fingerprint density at radius 1 is 0.361 bits per heavy atom. The lowest BCUT2D eigenvalue weighted by molar-refractivity contribution is 1.15. The highest BCUT2D eigenvalue weighted by molar-refractivity contribution is 8.00. The van der Waals surface area contributed by atoms with Crippen LogP contribution in [0.2, 0.25) is 0 Å². The van der Waals surface area contributed by atoms with E-state index in [1.165, 1.54) is 124 Å². The summed E-state index contributed by atoms with van der Waals surface area (Å²) in [6.45, 7) is -0.0379. The second kappa shape index (κ2) is 15.5. The van der Waals surface area contributed by atoms with Crippen LogP contribution in [0.25, 0.3) is 97.4 Å². The molecule has 334 valence electrons. The molecule has 0 spiro atoms. The van der Waals surface area contributed by atoms with Crippen LogP contribution in [0.3, 0.4) is 0 Å². The first-order chi connectivity index (χ1) is 35.7. The van der Waals surface area contributed by atoms with Gasteiger partial charge in [-0.15, -0.1) is 11.3 Å². The van der Waals surface area contributed by atoms with E-state index in [1.54, 1.807) is 0 Å². The summed E-state index contributed by atoms with van der Waals surface area (Å²) >= 11 is 3.86. The number of hydrogen-bond acceptors (Lipinski definition) is 3. The number of thiophene rings is 1. The van der Waals surface area contributed by atoms with Gasteiger partial charge in [-0.25, -0.2) is 0 Å². The first-order valence-corrected chi connectivity index (χ1v) is 26.3. The molecule has 6 heteroatoms. The van der Waals surface area contributed by atoms with Gasteiger partial charge >= 0.3 is 0 Å². The molecule has 0 saturated carbocycles. The second-order valence-corrected chi connectivity index (χ2v) is 21.3. The molecule has 11 aromatic carbocycles. The van der Waals surface area contributed by atoms with Crippen LogP contribution in [0.4, 0.5) is 17.1 Å². The van der Waals surface area contributed by atoms with Crippen LogP contribution in [-0.4, -0.2) is 15.8 Å². The Kier molecular flexibility index (Phi) is 8.64. The van der Waals surface area contributed by atoms with Crippen molar-refractivity contribution in [1.29, 1.82) is 0 Å². The number of para-hydroxylation sites is 5. The predicted octanol–water partition coefficient (Wildman–Crippen LogP) is 16.3. The van der Waals surface area contributed by atoms with E-state index in [2.05, 4.69) is 257 Å². The van der Waals surface area contributed by atoms with Gasteiger partial charge in [0.15, 0.2) is 0 Å². The molecule has 0 atom stereocenters. The summed E-state index contributed by atoms with van der Waals surface area (Å²) in [5.74, 6) is 0. The highest BCUT2D eigenvalue weighted by Gasteiger charge is 2.43. The molecule has 0 aliphatic carbocycles. The smallest absolute Gasteiger partial charge is 0.249 e. The summed E-state index contributed by atoms with van der Waals surface area (Å²) in [5.41, 5.74) is 19.3. The summed E-state index contributed by atoms with van der Waals surface area (Å²) in [7, 11) is 0. The van der Waals surface area contributed by atoms with E-state index in [1.807, 2.05) is 23.1 Å². The van der Waals surface area contributed by atoms with Crippen LogP contribution >= 0.6 is 23.1 Å². The Hall–Kier alpha value is -8.55. The standard InChI is InChI=1S/C66H40BN3S2/c1-3-18-41(19-4-1)45-27-17-28-46(42-20-5-2-6-21-42)65(45)70-58-38-43(68-54-29-12-7-22-47(54)48-23-8-13-30-55(48)68)34-35-52(58)67-53-36-37-61-63(51-26-11-16-33-60(51)71-61)66(53)72-62-40-44(39-59(70)64(62)67)69-56-31-14-9-24-49(56)50-25-10-15-32-57(50)69/h1-40H. The number of nitrogens with zero attached hydrogens (tertiary/aromatic N) is 3. The van der Waals surface area contributed by atoms with E-state index >= 15 is 0 Å². The molecule has 0 unspecified atom stereocenters. The van der Waals surface area contributed by atoms with Gasteiger partial charge in [0.05, 0.1) is 27.8 Å². The maximum absolute atomic E-state index is 2.66. The Bertz CT molecular complexity index is 4400. The second-order valence-electron chi connectivity index (χ2n) is 19.1. The van der Waals surface area contributed by atoms with Gasteiger partial charge in [-0.3, -0.25) is 0 Å². The highest BCUT2D eigenvalue weighted by Crippen LogP contribution is 2.52. The molecule has 14 aromatic rings. The van der Waals surface area contributed by atoms with E-state index in [9.17, 15) is 0 Å². The van der Waals surface area contributed by atoms with E-state index in [0.29, 0.717) is 0 Å². The van der Waals surface area contributed by atoms with Crippen molar-refractivity contribution in [2.45, 2.75) is 9.79 Å². The van der Waals surface area contributed by atoms with Gasteiger partial charge in [-0.2, -0.15) is 0 Å². The fraction of sp³-hybridized carbons (Fsp3) is 0. The van der Waals surface area contributed by atoms with Gasteiger partial charge < -0.3 is 14.0 Å². The molecule has 0 amide bonds. The molecule has 0 saturated heterocycles. The fourth-order valence-corrected chi connectivity index (χ4v) is 14.9. The first-order valence-electron chi connectivity index (χ1n) is 24.7. The monoisotopic (exact) mass is 949 g/mol. The zero-order valence-electron chi connectivity index (χ0n) is 38.8. The zero-order chi connectivity index (χ0) is 47.0. The minimum absolute atomic E-state index is 0.0379. The minimum Gasteiger partial charge on any atom is -0.310 e. The minimum atomic E-state index is -0.0379. The summed E-state index contributed by atoms with van der Waals surface area (Å²) in [6.07, 6.45) is 0. The number of benzene rings is 11. The predicted molar refractivity (Wildman–Crippen MR) is 309 cm³/mol. The lowest BCUT2D eigenvalue weighted by Crippen LogP contribution is -2.60. The largest absolute Gasteiger partial charge is 0.310 e. The number of rotatable bonds is 5. The first kappa shape index (κ1) is 40.2. The highest BCUT2D eigenvalue weighted by atomic mass is 32.2. The van der Waals surface area contributed by atoms with Crippen molar-refractivity contribution in [3.63, 3.8) is 0 Å². The molecule has 3 aromatic heterocycles. The number of anilines is 3. The summed E-state index contributed by atoms with van der Waals surface area (Å²) in [4.78, 5) is 5.30. The Balaban J connectivity index is 1.08. The fourth-order valence-electron chi connectivity index (χ4n) is 12.4. The van der Waals surface area contributed by atoms with Gasteiger partial charge in [0, 0.05) is 85.4 Å². The maximum atomic E-state index is 2.66. The molecule has 0 fully saturated rings. The summed E-state index contributed by atoms with van der Waals surface area (Å²) in [6, 6.07) is 90.6. The van der Waals surface area contributed by atoms with Gasteiger partial charge in [-0.1, -0.05) is 199 Å². The van der Waals surface area contributed by atoms with Crippen molar-refractivity contribution in [2.24, 2.45) is 0 Å². The molecule has 2 aliphatic heterocycles. The van der Waals surface area contributed by atoms with Crippen LogP contribution in [0.15, 0.2) is 252 Å². The van der Waals surface area contributed by atoms with E-state index in [4.69, 9.17) is 0 Å². The molecular formula is C66H40BN3S2. The Labute approximate surface area is 424 Å². The SMILES string of the molecule is c1ccc(-c2cccc(-c3ccccc3)c2N2c3cc(-n4c5ccccc5c5ccccc54)ccc3B3c4ccc5sc6ccccc6c5c4Sc4cc(-n5c6ccccc6c6ccccc65)cc2c43)cc1. The molecule has 0 bridgehead atoms. The molecule has 3 nitrogen and oxygen atoms in total. The normalized spacial score (nSPS) is 12.9. The third kappa shape index (κ3) is 5.70. The van der Waals surface area contributed by atoms with Crippen LogP contribution in [0, 0.1) is 0 Å². The Morgan fingerprint density at radius 2 is 0.861 bits per heavy atom. The number of fused-ring (bicyclic) bond motifs is 14. The molecular weight excluding hydrogens is 910 g/mol. The quantitative estimate of drug-likeness (QED) is 0.160. The van der Waals surface area contributed by atoms with Gasteiger partial charge in [0.1, 0.15) is 0 Å². The van der Waals surface area contributed by atoms with Gasteiger partial charge in [0.25, 0.3) is 0 Å². The maximum Gasteiger partial charge on any atom is 0.249 e. The summed E-state index contributed by atoms with van der Waals surface area (Å²) in [5, 5.41) is 7.69. The van der Waals surface area contributed by atoms with Gasteiger partial charge in [-0.05, 0) is 82.7 Å². The number of aromatic nitrogens is 2. The lowest BCUT2D eigenvalue weighted by atomic mass is 9.34. The van der Waals surface area contributed by atoms with Crippen molar-refractivity contribution < 1.29 is 0 Å².